The number of carbonyl (C=O) groups excluding carboxylic acids is 1. The zero-order valence-electron chi connectivity index (χ0n) is 13.2. The molecule has 23 heavy (non-hydrogen) atoms. The maximum atomic E-state index is 12.3. The molecule has 1 amide bonds. The number of hydrogen-bond acceptors (Lipinski definition) is 2. The highest BCUT2D eigenvalue weighted by atomic mass is 35.5. The molecule has 2 atom stereocenters. The summed E-state index contributed by atoms with van der Waals surface area (Å²) in [5, 5.41) is 3.70. The molecule has 0 saturated carbocycles. The molecule has 2 aromatic rings. The third-order valence-corrected chi connectivity index (χ3v) is 4.79. The molecule has 3 nitrogen and oxygen atoms in total. The summed E-state index contributed by atoms with van der Waals surface area (Å²) in [6.07, 6.45) is 2.73. The summed E-state index contributed by atoms with van der Waals surface area (Å²) in [5.74, 6) is -0.0396. The minimum Gasteiger partial charge on any atom is -0.349 e. The van der Waals surface area contributed by atoms with Crippen LogP contribution in [0.2, 0.25) is 5.02 Å². The number of carbonyl (C=O) groups is 1. The first kappa shape index (κ1) is 17.7. The Hall–Kier alpha value is -1.65. The molecule has 1 N–H and O–H groups in total. The van der Waals surface area contributed by atoms with E-state index in [0.717, 1.165) is 22.4 Å². The maximum absolute atomic E-state index is 12.3. The van der Waals surface area contributed by atoms with Crippen molar-refractivity contribution in [2.75, 3.05) is 6.26 Å². The first-order valence-corrected chi connectivity index (χ1v) is 9.40. The van der Waals surface area contributed by atoms with Crippen molar-refractivity contribution in [3.05, 3.63) is 64.7 Å². The van der Waals surface area contributed by atoms with E-state index < -0.39 is 10.8 Å². The zero-order chi connectivity index (χ0) is 16.8. The third kappa shape index (κ3) is 5.19. The smallest absolute Gasteiger partial charge is 0.224 e. The summed E-state index contributed by atoms with van der Waals surface area (Å²) >= 11 is 6.01. The Morgan fingerprint density at radius 3 is 2.48 bits per heavy atom. The fourth-order valence-corrected chi connectivity index (χ4v) is 3.09. The normalized spacial score (nSPS) is 13.3. The fraction of sp³-hybridized carbons (Fsp3) is 0.278. The maximum Gasteiger partial charge on any atom is 0.224 e. The van der Waals surface area contributed by atoms with Gasteiger partial charge < -0.3 is 5.32 Å². The molecule has 0 bridgehead atoms. The highest BCUT2D eigenvalue weighted by Crippen LogP contribution is 2.20. The molecule has 5 heteroatoms. The van der Waals surface area contributed by atoms with Crippen LogP contribution in [-0.2, 0) is 22.0 Å². The van der Waals surface area contributed by atoms with Crippen molar-refractivity contribution in [2.45, 2.75) is 30.7 Å². The van der Waals surface area contributed by atoms with E-state index in [9.17, 15) is 9.00 Å². The van der Waals surface area contributed by atoms with Crippen LogP contribution in [-0.4, -0.2) is 16.4 Å². The van der Waals surface area contributed by atoms with Crippen LogP contribution < -0.4 is 5.32 Å². The number of halogens is 1. The lowest BCUT2D eigenvalue weighted by molar-refractivity contribution is -0.121. The van der Waals surface area contributed by atoms with Crippen LogP contribution in [0.25, 0.3) is 0 Å². The first-order valence-electron chi connectivity index (χ1n) is 7.46. The number of benzene rings is 2. The molecule has 0 aliphatic rings. The summed E-state index contributed by atoms with van der Waals surface area (Å²) in [5.41, 5.74) is 1.91. The van der Waals surface area contributed by atoms with Gasteiger partial charge in [0.25, 0.3) is 0 Å². The van der Waals surface area contributed by atoms with Crippen molar-refractivity contribution in [3.8, 4) is 0 Å². The van der Waals surface area contributed by atoms with E-state index in [1.54, 1.807) is 18.4 Å². The largest absolute Gasteiger partial charge is 0.349 e. The van der Waals surface area contributed by atoms with Crippen LogP contribution in [0.5, 0.6) is 0 Å². The second-order valence-corrected chi connectivity index (χ2v) is 7.17. The van der Waals surface area contributed by atoms with E-state index in [2.05, 4.69) is 5.32 Å². The quantitative estimate of drug-likeness (QED) is 0.860. The molecule has 0 aliphatic carbocycles. The van der Waals surface area contributed by atoms with Crippen LogP contribution >= 0.6 is 11.6 Å². The highest BCUT2D eigenvalue weighted by molar-refractivity contribution is 7.84. The molecule has 0 aliphatic heterocycles. The molecule has 122 valence electrons. The summed E-state index contributed by atoms with van der Waals surface area (Å²) < 4.78 is 11.4. The standard InChI is InChI=1S/C18H20ClNO2S/c1-3-17(14-5-4-6-15(19)12-14)20-18(21)11-13-7-9-16(10-8-13)23(2)22/h4-10,12,17H,3,11H2,1-2H3,(H,20,21). The molecule has 0 fully saturated rings. The molecule has 0 radical (unpaired) electrons. The van der Waals surface area contributed by atoms with Crippen molar-refractivity contribution in [1.29, 1.82) is 0 Å². The van der Waals surface area contributed by atoms with Gasteiger partial charge in [-0.25, -0.2) is 0 Å². The van der Waals surface area contributed by atoms with E-state index in [-0.39, 0.29) is 11.9 Å². The number of nitrogens with one attached hydrogen (secondary N) is 1. The number of hydrogen-bond donors (Lipinski definition) is 1. The Morgan fingerprint density at radius 1 is 1.22 bits per heavy atom. The first-order chi connectivity index (χ1) is 11.0. The topological polar surface area (TPSA) is 46.2 Å². The van der Waals surface area contributed by atoms with E-state index in [1.165, 1.54) is 0 Å². The van der Waals surface area contributed by atoms with Crippen LogP contribution in [0.1, 0.15) is 30.5 Å². The van der Waals surface area contributed by atoms with Gasteiger partial charge in [-0.2, -0.15) is 0 Å². The molecular weight excluding hydrogens is 330 g/mol. The summed E-state index contributed by atoms with van der Waals surface area (Å²) in [6, 6.07) is 14.8. The Morgan fingerprint density at radius 2 is 1.91 bits per heavy atom. The Bertz CT molecular complexity index is 700. The van der Waals surface area contributed by atoms with Gasteiger partial charge in [0.15, 0.2) is 0 Å². The third-order valence-electron chi connectivity index (χ3n) is 3.61. The van der Waals surface area contributed by atoms with E-state index >= 15 is 0 Å². The predicted octanol–water partition coefficient (Wildman–Crippen LogP) is 3.89. The molecule has 0 heterocycles. The van der Waals surface area contributed by atoms with Gasteiger partial charge in [0.05, 0.1) is 12.5 Å². The zero-order valence-corrected chi connectivity index (χ0v) is 14.8. The van der Waals surface area contributed by atoms with Crippen LogP contribution in [0, 0.1) is 0 Å². The minimum absolute atomic E-state index is 0.0396. The molecule has 0 aromatic heterocycles. The predicted molar refractivity (Wildman–Crippen MR) is 95.1 cm³/mol. The SMILES string of the molecule is CCC(NC(=O)Cc1ccc(S(C)=O)cc1)c1cccc(Cl)c1. The molecule has 2 rings (SSSR count). The second kappa shape index (κ2) is 8.27. The molecule has 2 unspecified atom stereocenters. The highest BCUT2D eigenvalue weighted by Gasteiger charge is 2.13. The van der Waals surface area contributed by atoms with Gasteiger partial charge in [-0.15, -0.1) is 0 Å². The van der Waals surface area contributed by atoms with Gasteiger partial charge in [-0.05, 0) is 41.8 Å². The Balaban J connectivity index is 2.01. The minimum atomic E-state index is -1.00. The van der Waals surface area contributed by atoms with Gasteiger partial charge in [-0.1, -0.05) is 42.8 Å². The van der Waals surface area contributed by atoms with Crippen LogP contribution in [0.3, 0.4) is 0 Å². The average Bonchev–Trinajstić information content (AvgIpc) is 2.53. The van der Waals surface area contributed by atoms with Crippen molar-refractivity contribution in [1.82, 2.24) is 5.32 Å². The van der Waals surface area contributed by atoms with Crippen LogP contribution in [0.15, 0.2) is 53.4 Å². The van der Waals surface area contributed by atoms with Gasteiger partial charge in [0, 0.05) is 27.0 Å². The van der Waals surface area contributed by atoms with E-state index in [1.807, 2.05) is 43.3 Å². The lowest BCUT2D eigenvalue weighted by Gasteiger charge is -2.18. The lowest BCUT2D eigenvalue weighted by atomic mass is 10.0. The lowest BCUT2D eigenvalue weighted by Crippen LogP contribution is -2.29. The summed E-state index contributed by atoms with van der Waals surface area (Å²) in [7, 11) is -1.00. The van der Waals surface area contributed by atoms with Gasteiger partial charge >= 0.3 is 0 Å². The van der Waals surface area contributed by atoms with E-state index in [4.69, 9.17) is 11.6 Å². The fourth-order valence-electron chi connectivity index (χ4n) is 2.37. The summed E-state index contributed by atoms with van der Waals surface area (Å²) in [6.45, 7) is 2.03. The van der Waals surface area contributed by atoms with Crippen molar-refractivity contribution < 1.29 is 9.00 Å². The van der Waals surface area contributed by atoms with Gasteiger partial charge in [0.1, 0.15) is 0 Å². The number of rotatable bonds is 6. The van der Waals surface area contributed by atoms with E-state index in [0.29, 0.717) is 11.4 Å². The van der Waals surface area contributed by atoms with Crippen molar-refractivity contribution >= 4 is 28.3 Å². The van der Waals surface area contributed by atoms with Gasteiger partial charge in [-0.3, -0.25) is 9.00 Å². The second-order valence-electron chi connectivity index (χ2n) is 5.36. The van der Waals surface area contributed by atoms with Crippen molar-refractivity contribution in [3.63, 3.8) is 0 Å². The average molecular weight is 350 g/mol. The molecular formula is C18H20ClNO2S. The monoisotopic (exact) mass is 349 g/mol. The van der Waals surface area contributed by atoms with Gasteiger partial charge in [0.2, 0.25) is 5.91 Å². The molecule has 0 spiro atoms. The molecule has 2 aromatic carbocycles. The summed E-state index contributed by atoms with van der Waals surface area (Å²) in [4.78, 5) is 13.0. The van der Waals surface area contributed by atoms with Crippen molar-refractivity contribution in [2.24, 2.45) is 0 Å². The Labute approximate surface area is 144 Å². The number of amides is 1. The van der Waals surface area contributed by atoms with Crippen LogP contribution in [0.4, 0.5) is 0 Å². The Kier molecular flexibility index (Phi) is 6.37. The molecule has 0 saturated heterocycles.